The zero-order valence-electron chi connectivity index (χ0n) is 11.9. The molecule has 1 saturated carbocycles. The van der Waals surface area contributed by atoms with E-state index in [-0.39, 0.29) is 12.1 Å². The number of carbonyl (C=O) groups is 1. The minimum absolute atomic E-state index is 0.00167. The van der Waals surface area contributed by atoms with Crippen LogP contribution in [-0.4, -0.2) is 34.7 Å². The standard InChI is InChI=1S/C14H24O4S/c1-8(2)10-5-4-9(3)6-11(10)17-13(16)14-18-12(15)7-19-14/h8-12,14-15H,4-7H2,1-3H3/t9-,10+,11?,12-,14-/m1/s1. The van der Waals surface area contributed by atoms with E-state index in [1.807, 2.05) is 0 Å². The Morgan fingerprint density at radius 2 is 2.16 bits per heavy atom. The highest BCUT2D eigenvalue weighted by Crippen LogP contribution is 2.36. The first kappa shape index (κ1) is 15.1. The summed E-state index contributed by atoms with van der Waals surface area (Å²) in [5, 5.41) is 9.29. The second-order valence-corrected chi connectivity index (χ2v) is 7.15. The Morgan fingerprint density at radius 3 is 2.74 bits per heavy atom. The number of aliphatic hydroxyl groups excluding tert-OH is 1. The van der Waals surface area contributed by atoms with Crippen LogP contribution in [0.25, 0.3) is 0 Å². The molecule has 0 amide bonds. The number of hydrogen-bond donors (Lipinski definition) is 1. The van der Waals surface area contributed by atoms with Crippen LogP contribution >= 0.6 is 11.8 Å². The van der Waals surface area contributed by atoms with E-state index in [1.165, 1.54) is 18.2 Å². The number of thioether (sulfide) groups is 1. The first-order valence-electron chi connectivity index (χ1n) is 7.13. The minimum Gasteiger partial charge on any atom is -0.459 e. The molecule has 0 spiro atoms. The molecule has 1 unspecified atom stereocenters. The Bertz CT molecular complexity index is 321. The molecular formula is C14H24O4S. The average Bonchev–Trinajstić information content (AvgIpc) is 2.75. The number of hydrogen-bond acceptors (Lipinski definition) is 5. The summed E-state index contributed by atoms with van der Waals surface area (Å²) in [6, 6.07) is 0. The number of carbonyl (C=O) groups excluding carboxylic acids is 1. The summed E-state index contributed by atoms with van der Waals surface area (Å²) in [7, 11) is 0. The first-order valence-corrected chi connectivity index (χ1v) is 8.18. The molecular weight excluding hydrogens is 264 g/mol. The third-order valence-corrected chi connectivity index (χ3v) is 5.18. The lowest BCUT2D eigenvalue weighted by atomic mass is 9.75. The third kappa shape index (κ3) is 3.86. The third-order valence-electron chi connectivity index (χ3n) is 4.09. The molecule has 5 heteroatoms. The van der Waals surface area contributed by atoms with Crippen LogP contribution in [0.4, 0.5) is 0 Å². The smallest absolute Gasteiger partial charge is 0.346 e. The van der Waals surface area contributed by atoms with Crippen LogP contribution in [0, 0.1) is 17.8 Å². The zero-order valence-corrected chi connectivity index (χ0v) is 12.7. The molecule has 0 aromatic carbocycles. The lowest BCUT2D eigenvalue weighted by Gasteiger charge is -2.37. The van der Waals surface area contributed by atoms with Crippen LogP contribution in [0.2, 0.25) is 0 Å². The molecule has 4 nitrogen and oxygen atoms in total. The van der Waals surface area contributed by atoms with Crippen LogP contribution in [0.15, 0.2) is 0 Å². The van der Waals surface area contributed by atoms with Gasteiger partial charge in [-0.25, -0.2) is 4.79 Å². The van der Waals surface area contributed by atoms with Crippen molar-refractivity contribution >= 4 is 17.7 Å². The molecule has 0 radical (unpaired) electrons. The highest BCUT2D eigenvalue weighted by Gasteiger charge is 2.37. The van der Waals surface area contributed by atoms with Crippen molar-refractivity contribution < 1.29 is 19.4 Å². The van der Waals surface area contributed by atoms with E-state index in [0.29, 0.717) is 23.5 Å². The van der Waals surface area contributed by atoms with Gasteiger partial charge in [0.1, 0.15) is 6.10 Å². The minimum atomic E-state index is -0.839. The van der Waals surface area contributed by atoms with Crippen molar-refractivity contribution in [3.05, 3.63) is 0 Å². The SMILES string of the molecule is CC(C)[C@@H]1CC[C@@H](C)CC1OC(=O)[C@@H]1O[C@@H](O)CS1. The molecule has 2 fully saturated rings. The van der Waals surface area contributed by atoms with Gasteiger partial charge < -0.3 is 14.6 Å². The molecule has 0 aromatic rings. The maximum atomic E-state index is 12.1. The van der Waals surface area contributed by atoms with E-state index >= 15 is 0 Å². The van der Waals surface area contributed by atoms with Crippen LogP contribution in [0.5, 0.6) is 0 Å². The molecule has 1 N–H and O–H groups in total. The summed E-state index contributed by atoms with van der Waals surface area (Å²) >= 11 is 1.31. The normalized spacial score (nSPS) is 39.5. The molecule has 1 saturated heterocycles. The maximum Gasteiger partial charge on any atom is 0.346 e. The van der Waals surface area contributed by atoms with Crippen molar-refractivity contribution in [3.63, 3.8) is 0 Å². The van der Waals surface area contributed by atoms with Crippen molar-refractivity contribution in [1.82, 2.24) is 0 Å². The Hall–Kier alpha value is -0.260. The summed E-state index contributed by atoms with van der Waals surface area (Å²) < 4.78 is 10.8. The fourth-order valence-corrected chi connectivity index (χ4v) is 3.79. The van der Waals surface area contributed by atoms with Gasteiger partial charge in [0.15, 0.2) is 6.29 Å². The van der Waals surface area contributed by atoms with Crippen molar-refractivity contribution in [2.24, 2.45) is 17.8 Å². The van der Waals surface area contributed by atoms with Crippen molar-refractivity contribution in [2.45, 2.75) is 57.9 Å². The van der Waals surface area contributed by atoms with E-state index in [1.54, 1.807) is 0 Å². The van der Waals surface area contributed by atoms with Gasteiger partial charge in [-0.3, -0.25) is 0 Å². The van der Waals surface area contributed by atoms with Gasteiger partial charge in [0.2, 0.25) is 5.44 Å². The van der Waals surface area contributed by atoms with Crippen LogP contribution < -0.4 is 0 Å². The van der Waals surface area contributed by atoms with Gasteiger partial charge in [0.05, 0.1) is 0 Å². The molecule has 0 bridgehead atoms. The topological polar surface area (TPSA) is 55.8 Å². The molecule has 1 aliphatic carbocycles. The summed E-state index contributed by atoms with van der Waals surface area (Å²) in [6.45, 7) is 6.58. The lowest BCUT2D eigenvalue weighted by molar-refractivity contribution is -0.172. The molecule has 2 rings (SSSR count). The van der Waals surface area contributed by atoms with E-state index in [2.05, 4.69) is 20.8 Å². The van der Waals surface area contributed by atoms with E-state index in [0.717, 1.165) is 12.8 Å². The summed E-state index contributed by atoms with van der Waals surface area (Å²) in [6.07, 6.45) is 2.43. The van der Waals surface area contributed by atoms with Crippen LogP contribution in [0.3, 0.4) is 0 Å². The van der Waals surface area contributed by atoms with Crippen LogP contribution in [-0.2, 0) is 14.3 Å². The molecule has 1 aliphatic heterocycles. The lowest BCUT2D eigenvalue weighted by Crippen LogP contribution is -2.38. The number of aliphatic hydroxyl groups is 1. The van der Waals surface area contributed by atoms with Gasteiger partial charge >= 0.3 is 5.97 Å². The number of ether oxygens (including phenoxy) is 2. The quantitative estimate of drug-likeness (QED) is 0.808. The second-order valence-electron chi connectivity index (χ2n) is 6.06. The average molecular weight is 288 g/mol. The Kier molecular flexibility index (Phi) is 5.15. The fourth-order valence-electron chi connectivity index (χ4n) is 2.97. The van der Waals surface area contributed by atoms with E-state index in [4.69, 9.17) is 9.47 Å². The number of esters is 1. The first-order chi connectivity index (χ1) is 8.97. The highest BCUT2D eigenvalue weighted by molar-refractivity contribution is 8.00. The Balaban J connectivity index is 1.92. The van der Waals surface area contributed by atoms with Crippen molar-refractivity contribution in [3.8, 4) is 0 Å². The second kappa shape index (κ2) is 6.46. The van der Waals surface area contributed by atoms with Crippen molar-refractivity contribution in [2.75, 3.05) is 5.75 Å². The summed E-state index contributed by atoms with van der Waals surface area (Å²) in [5.41, 5.74) is -0.653. The molecule has 5 atom stereocenters. The Labute approximate surface area is 119 Å². The highest BCUT2D eigenvalue weighted by atomic mass is 32.2. The maximum absolute atomic E-state index is 12.1. The fraction of sp³-hybridized carbons (Fsp3) is 0.929. The van der Waals surface area contributed by atoms with E-state index in [9.17, 15) is 9.90 Å². The Morgan fingerprint density at radius 1 is 1.42 bits per heavy atom. The number of rotatable bonds is 3. The van der Waals surface area contributed by atoms with Gasteiger partial charge in [-0.05, 0) is 30.6 Å². The monoisotopic (exact) mass is 288 g/mol. The molecule has 19 heavy (non-hydrogen) atoms. The molecule has 2 aliphatic rings. The van der Waals surface area contributed by atoms with E-state index < -0.39 is 11.7 Å². The van der Waals surface area contributed by atoms with Crippen LogP contribution in [0.1, 0.15) is 40.0 Å². The summed E-state index contributed by atoms with van der Waals surface area (Å²) in [5.74, 6) is 1.68. The van der Waals surface area contributed by atoms with Gasteiger partial charge in [-0.1, -0.05) is 27.2 Å². The molecule has 0 aromatic heterocycles. The zero-order chi connectivity index (χ0) is 14.0. The van der Waals surface area contributed by atoms with Crippen molar-refractivity contribution in [1.29, 1.82) is 0 Å². The largest absolute Gasteiger partial charge is 0.459 e. The predicted octanol–water partition coefficient (Wildman–Crippen LogP) is 2.40. The molecule has 1 heterocycles. The van der Waals surface area contributed by atoms with Gasteiger partial charge in [-0.15, -0.1) is 11.8 Å². The van der Waals surface area contributed by atoms with Gasteiger partial charge in [0.25, 0.3) is 0 Å². The van der Waals surface area contributed by atoms with Gasteiger partial charge in [0, 0.05) is 5.75 Å². The predicted molar refractivity (Wildman–Crippen MR) is 74.6 cm³/mol. The summed E-state index contributed by atoms with van der Waals surface area (Å²) in [4.78, 5) is 12.1. The van der Waals surface area contributed by atoms with Gasteiger partial charge in [-0.2, -0.15) is 0 Å². The molecule has 110 valence electrons.